The number of nitrogens with zero attached hydrogens (tertiary/aromatic N) is 1. The van der Waals surface area contributed by atoms with E-state index in [0.717, 1.165) is 0 Å². The fourth-order valence-electron chi connectivity index (χ4n) is 1.43. The monoisotopic (exact) mass is 308 g/mol. The van der Waals surface area contributed by atoms with E-state index >= 15 is 0 Å². The number of likely N-dealkylation sites (N-methyl/N-ethyl adjacent to an activating group) is 1. The summed E-state index contributed by atoms with van der Waals surface area (Å²) in [4.78, 5) is 12.7. The average Bonchev–Trinajstić information content (AvgIpc) is 2.37. The molecular formula is C13H16F4N2O2. The zero-order valence-corrected chi connectivity index (χ0v) is 11.4. The first kappa shape index (κ1) is 17.2. The quantitative estimate of drug-likeness (QED) is 0.781. The van der Waals surface area contributed by atoms with Crippen molar-refractivity contribution in [2.24, 2.45) is 0 Å². The number of hydrogen-bond acceptors (Lipinski definition) is 3. The number of alkyl halides is 3. The number of hydrogen-bond donors (Lipinski definition) is 1. The van der Waals surface area contributed by atoms with Gasteiger partial charge in [0, 0.05) is 13.1 Å². The van der Waals surface area contributed by atoms with Gasteiger partial charge in [-0.25, -0.2) is 4.39 Å². The van der Waals surface area contributed by atoms with Gasteiger partial charge < -0.3 is 15.0 Å². The molecule has 1 N–H and O–H groups in total. The lowest BCUT2D eigenvalue weighted by molar-refractivity contribution is -0.133. The topological polar surface area (TPSA) is 41.6 Å². The van der Waals surface area contributed by atoms with Gasteiger partial charge in [-0.05, 0) is 12.1 Å². The van der Waals surface area contributed by atoms with Crippen LogP contribution in [0.3, 0.4) is 0 Å². The Bertz CT molecular complexity index is 466. The van der Waals surface area contributed by atoms with Crippen LogP contribution in [-0.2, 0) is 4.79 Å². The third-order valence-electron chi connectivity index (χ3n) is 2.52. The minimum Gasteiger partial charge on any atom is -0.492 e. The largest absolute Gasteiger partial charge is 0.492 e. The highest BCUT2D eigenvalue weighted by Gasteiger charge is 2.26. The second-order valence-corrected chi connectivity index (χ2v) is 4.34. The average molecular weight is 308 g/mol. The van der Waals surface area contributed by atoms with E-state index in [1.165, 1.54) is 30.1 Å². The molecular weight excluding hydrogens is 292 g/mol. The zero-order chi connectivity index (χ0) is 15.9. The van der Waals surface area contributed by atoms with Crippen LogP contribution in [0.1, 0.15) is 0 Å². The number of amides is 1. The molecule has 0 radical (unpaired) electrons. The van der Waals surface area contributed by atoms with Gasteiger partial charge in [0.15, 0.2) is 0 Å². The highest BCUT2D eigenvalue weighted by Crippen LogP contribution is 2.12. The van der Waals surface area contributed by atoms with Gasteiger partial charge in [0.25, 0.3) is 0 Å². The summed E-state index contributed by atoms with van der Waals surface area (Å²) in [6.07, 6.45) is -4.35. The Balaban J connectivity index is 2.23. The van der Waals surface area contributed by atoms with Gasteiger partial charge in [-0.15, -0.1) is 0 Å². The number of halogens is 4. The maximum atomic E-state index is 12.9. The minimum absolute atomic E-state index is 0.116. The predicted octanol–water partition coefficient (Wildman–Crippen LogP) is 1.81. The molecule has 0 fully saturated rings. The fourth-order valence-corrected chi connectivity index (χ4v) is 1.43. The maximum absolute atomic E-state index is 12.9. The van der Waals surface area contributed by atoms with Crippen LogP contribution in [0.4, 0.5) is 17.6 Å². The third-order valence-corrected chi connectivity index (χ3v) is 2.52. The van der Waals surface area contributed by atoms with Crippen LogP contribution in [-0.4, -0.2) is 50.3 Å². The smallest absolute Gasteiger partial charge is 0.401 e. The minimum atomic E-state index is -4.35. The van der Waals surface area contributed by atoms with Crippen LogP contribution in [0.2, 0.25) is 0 Å². The molecule has 4 nitrogen and oxygen atoms in total. The van der Waals surface area contributed by atoms with Crippen molar-refractivity contribution in [3.05, 3.63) is 30.1 Å². The van der Waals surface area contributed by atoms with Crippen molar-refractivity contribution in [2.45, 2.75) is 6.18 Å². The van der Waals surface area contributed by atoms with E-state index in [1.54, 1.807) is 6.07 Å². The van der Waals surface area contributed by atoms with Crippen molar-refractivity contribution >= 4 is 5.91 Å². The highest BCUT2D eigenvalue weighted by atomic mass is 19.4. The van der Waals surface area contributed by atoms with Gasteiger partial charge in [-0.3, -0.25) is 4.79 Å². The van der Waals surface area contributed by atoms with Crippen LogP contribution in [0, 0.1) is 5.82 Å². The highest BCUT2D eigenvalue weighted by molar-refractivity contribution is 5.77. The van der Waals surface area contributed by atoms with Gasteiger partial charge in [0.2, 0.25) is 5.91 Å². The molecule has 0 unspecified atom stereocenters. The molecule has 0 saturated carbocycles. The molecule has 0 aliphatic rings. The van der Waals surface area contributed by atoms with Crippen LogP contribution in [0.25, 0.3) is 0 Å². The van der Waals surface area contributed by atoms with E-state index in [9.17, 15) is 22.4 Å². The van der Waals surface area contributed by atoms with Crippen LogP contribution < -0.4 is 10.1 Å². The summed E-state index contributed by atoms with van der Waals surface area (Å²) in [7, 11) is 1.45. The lowest BCUT2D eigenvalue weighted by atomic mass is 10.3. The first-order valence-electron chi connectivity index (χ1n) is 6.18. The predicted molar refractivity (Wildman–Crippen MR) is 68.5 cm³/mol. The number of ether oxygens (including phenoxy) is 1. The zero-order valence-electron chi connectivity index (χ0n) is 11.4. The maximum Gasteiger partial charge on any atom is 0.401 e. The van der Waals surface area contributed by atoms with Crippen LogP contribution >= 0.6 is 0 Å². The van der Waals surface area contributed by atoms with E-state index < -0.39 is 31.0 Å². The van der Waals surface area contributed by atoms with Gasteiger partial charge in [-0.1, -0.05) is 6.07 Å². The van der Waals surface area contributed by atoms with E-state index in [2.05, 4.69) is 0 Å². The molecule has 0 atom stereocenters. The number of carbonyl (C=O) groups is 1. The fraction of sp³-hybridized carbons (Fsp3) is 0.462. The molecule has 8 heteroatoms. The Morgan fingerprint density at radius 3 is 2.71 bits per heavy atom. The first-order chi connectivity index (χ1) is 9.78. The Kier molecular flexibility index (Phi) is 6.41. The summed E-state index contributed by atoms with van der Waals surface area (Å²) in [5.41, 5.74) is 0. The van der Waals surface area contributed by atoms with Gasteiger partial charge >= 0.3 is 6.18 Å². The van der Waals surface area contributed by atoms with Crippen molar-refractivity contribution in [1.29, 1.82) is 0 Å². The summed E-state index contributed by atoms with van der Waals surface area (Å²) >= 11 is 0. The van der Waals surface area contributed by atoms with Crippen molar-refractivity contribution < 1.29 is 27.1 Å². The molecule has 1 amide bonds. The molecule has 0 spiro atoms. The second kappa shape index (κ2) is 7.82. The first-order valence-corrected chi connectivity index (χ1v) is 6.18. The lowest BCUT2D eigenvalue weighted by Crippen LogP contribution is -2.40. The van der Waals surface area contributed by atoms with E-state index in [4.69, 9.17) is 4.74 Å². The van der Waals surface area contributed by atoms with Crippen molar-refractivity contribution in [3.63, 3.8) is 0 Å². The Hall–Kier alpha value is -1.83. The Morgan fingerprint density at radius 1 is 1.38 bits per heavy atom. The molecule has 0 aromatic heterocycles. The van der Waals surface area contributed by atoms with Gasteiger partial charge in [0.05, 0.1) is 19.6 Å². The Labute approximate surface area is 119 Å². The molecule has 1 rings (SSSR count). The summed E-state index contributed by atoms with van der Waals surface area (Å²) in [6, 6.07) is 5.53. The number of nitrogens with one attached hydrogen (secondary N) is 1. The summed E-state index contributed by atoms with van der Waals surface area (Å²) in [5.74, 6) is -0.596. The van der Waals surface area contributed by atoms with Crippen molar-refractivity contribution in [2.75, 3.05) is 33.3 Å². The lowest BCUT2D eigenvalue weighted by Gasteiger charge is -2.18. The number of carbonyl (C=O) groups excluding carboxylic acids is 1. The van der Waals surface area contributed by atoms with Crippen LogP contribution in [0.5, 0.6) is 5.75 Å². The van der Waals surface area contributed by atoms with Crippen LogP contribution in [0.15, 0.2) is 24.3 Å². The molecule has 21 heavy (non-hydrogen) atoms. The number of rotatable bonds is 7. The Morgan fingerprint density at radius 2 is 2.10 bits per heavy atom. The van der Waals surface area contributed by atoms with Gasteiger partial charge in [-0.2, -0.15) is 13.2 Å². The molecule has 0 heterocycles. The number of benzene rings is 1. The van der Waals surface area contributed by atoms with E-state index in [1.807, 2.05) is 5.32 Å². The standard InChI is InChI=1S/C13H16F4N2O2/c1-19(12(20)8-18-9-13(15,16)17)5-6-21-11-4-2-3-10(14)7-11/h2-4,7,18H,5-6,8-9H2,1H3. The summed E-state index contributed by atoms with van der Waals surface area (Å²) in [5, 5.41) is 2.01. The SMILES string of the molecule is CN(CCOc1cccc(F)c1)C(=O)CNCC(F)(F)F. The van der Waals surface area contributed by atoms with Gasteiger partial charge in [0.1, 0.15) is 18.2 Å². The molecule has 0 aliphatic heterocycles. The molecule has 0 saturated heterocycles. The van der Waals surface area contributed by atoms with E-state index in [0.29, 0.717) is 5.75 Å². The summed E-state index contributed by atoms with van der Waals surface area (Å²) in [6.45, 7) is -1.32. The van der Waals surface area contributed by atoms with E-state index in [-0.39, 0.29) is 13.2 Å². The normalized spacial score (nSPS) is 11.3. The third kappa shape index (κ3) is 7.50. The summed E-state index contributed by atoms with van der Waals surface area (Å²) < 4.78 is 53.8. The molecule has 0 aliphatic carbocycles. The second-order valence-electron chi connectivity index (χ2n) is 4.34. The molecule has 0 bridgehead atoms. The molecule has 1 aromatic rings. The van der Waals surface area contributed by atoms with Crippen molar-refractivity contribution in [3.8, 4) is 5.75 Å². The van der Waals surface area contributed by atoms with Crippen molar-refractivity contribution in [1.82, 2.24) is 10.2 Å². The molecule has 1 aromatic carbocycles. The molecule has 118 valence electrons.